The summed E-state index contributed by atoms with van der Waals surface area (Å²) in [5, 5.41) is 8.08. The highest BCUT2D eigenvalue weighted by molar-refractivity contribution is 7.26. The normalized spacial score (nSPS) is 21.4. The van der Waals surface area contributed by atoms with Gasteiger partial charge in [-0.05, 0) is 86.0 Å². The maximum Gasteiger partial charge on any atom is 0.349 e. The minimum Gasteiger partial charge on any atom is -0.246 e. The second-order valence-corrected chi connectivity index (χ2v) is 15.4. The van der Waals surface area contributed by atoms with Gasteiger partial charge in [-0.1, -0.05) is 51.5 Å². The molecule has 9 rings (SSSR count). The number of aromatic nitrogens is 6. The summed E-state index contributed by atoms with van der Waals surface area (Å²) in [5.74, 6) is 0.196. The third kappa shape index (κ3) is 4.08. The van der Waals surface area contributed by atoms with Crippen molar-refractivity contribution in [1.82, 2.24) is 19.7 Å². The SMILES string of the molecule is CCCCc1cccc2sc3c4c(ccc3c12)C(C1(CC)[n+]2ccccc2-c2cc(C)nn2C1(C)CC)CC[n+]1c-4ccc2nccnc21. The number of thiophene rings is 1. The summed E-state index contributed by atoms with van der Waals surface area (Å²) in [6.07, 6.45) is 12.4. The zero-order valence-electron chi connectivity index (χ0n) is 29.2. The fraction of sp³-hybridized carbons (Fsp3) is 0.357. The summed E-state index contributed by atoms with van der Waals surface area (Å²) >= 11 is 1.97. The van der Waals surface area contributed by atoms with Crippen LogP contribution in [0.4, 0.5) is 0 Å². The van der Waals surface area contributed by atoms with Crippen molar-refractivity contribution in [2.75, 3.05) is 0 Å². The van der Waals surface area contributed by atoms with E-state index in [0.717, 1.165) is 49.1 Å². The molecule has 0 spiro atoms. The van der Waals surface area contributed by atoms with E-state index < -0.39 is 0 Å². The number of hydrogen-bond acceptors (Lipinski definition) is 4. The number of nitrogens with zero attached hydrogens (tertiary/aromatic N) is 6. The Balaban J connectivity index is 1.40. The van der Waals surface area contributed by atoms with Crippen LogP contribution in [0.15, 0.2) is 85.3 Å². The molecule has 3 unspecified atom stereocenters. The lowest BCUT2D eigenvalue weighted by Crippen LogP contribution is -2.73. The molecule has 0 radical (unpaired) electrons. The van der Waals surface area contributed by atoms with Gasteiger partial charge in [0, 0.05) is 44.3 Å². The van der Waals surface area contributed by atoms with Crippen LogP contribution < -0.4 is 9.13 Å². The standard InChI is InChI=1S/C42H44N6S/c1-6-9-13-28-14-12-16-36-37(28)30-18-17-29-31(21-25-46-34(38(29)39(30)49-36)20-19-32-40(46)44-23-22-43-32)42(8-3)41(5,7-2)48-35(26-27(4)45-48)33-15-10-11-24-47(33)42/h10-12,14-20,22-24,26,31H,6-9,13,21,25H2,1-5H3/q+2. The van der Waals surface area contributed by atoms with E-state index in [4.69, 9.17) is 15.1 Å². The average molecular weight is 665 g/mol. The van der Waals surface area contributed by atoms with Crippen molar-refractivity contribution in [3.8, 4) is 22.6 Å². The van der Waals surface area contributed by atoms with Crippen molar-refractivity contribution in [3.05, 3.63) is 102 Å². The lowest BCUT2D eigenvalue weighted by atomic mass is 9.61. The third-order valence-electron chi connectivity index (χ3n) is 12.1. The van der Waals surface area contributed by atoms with E-state index in [9.17, 15) is 0 Å². The highest BCUT2D eigenvalue weighted by Crippen LogP contribution is 2.56. The molecule has 6 nitrogen and oxygen atoms in total. The Labute approximate surface area is 292 Å². The van der Waals surface area contributed by atoms with Crippen LogP contribution in [0.3, 0.4) is 0 Å². The van der Waals surface area contributed by atoms with Crippen LogP contribution in [0.5, 0.6) is 0 Å². The molecule has 49 heavy (non-hydrogen) atoms. The van der Waals surface area contributed by atoms with Gasteiger partial charge in [0.25, 0.3) is 0 Å². The number of unbranched alkanes of at least 4 members (excludes halogenated alkanes) is 1. The van der Waals surface area contributed by atoms with E-state index in [1.54, 1.807) is 0 Å². The molecule has 2 aromatic carbocycles. The molecule has 7 aromatic rings. The fourth-order valence-corrected chi connectivity index (χ4v) is 11.1. The molecule has 0 saturated heterocycles. The van der Waals surface area contributed by atoms with E-state index in [-0.39, 0.29) is 17.0 Å². The van der Waals surface area contributed by atoms with Gasteiger partial charge in [0.05, 0.1) is 24.4 Å². The summed E-state index contributed by atoms with van der Waals surface area (Å²) in [5.41, 5.74) is 10.3. The Morgan fingerprint density at radius 3 is 2.65 bits per heavy atom. The molecule has 0 bridgehead atoms. The van der Waals surface area contributed by atoms with Crippen LogP contribution in [-0.4, -0.2) is 19.7 Å². The Kier molecular flexibility index (Phi) is 7.03. The van der Waals surface area contributed by atoms with Gasteiger partial charge in [-0.2, -0.15) is 9.67 Å². The van der Waals surface area contributed by atoms with Gasteiger partial charge in [-0.15, -0.1) is 11.3 Å². The third-order valence-corrected chi connectivity index (χ3v) is 13.3. The van der Waals surface area contributed by atoms with Gasteiger partial charge in [0.2, 0.25) is 5.69 Å². The number of rotatable bonds is 6. The van der Waals surface area contributed by atoms with E-state index in [1.165, 1.54) is 66.8 Å². The van der Waals surface area contributed by atoms with Gasteiger partial charge in [0.15, 0.2) is 23.4 Å². The molecule has 0 aliphatic carbocycles. The smallest absolute Gasteiger partial charge is 0.246 e. The number of pyridine rings is 2. The molecule has 0 N–H and O–H groups in total. The molecule has 3 atom stereocenters. The summed E-state index contributed by atoms with van der Waals surface area (Å²) in [6.45, 7) is 12.5. The summed E-state index contributed by atoms with van der Waals surface area (Å²) in [7, 11) is 0. The van der Waals surface area contributed by atoms with Crippen LogP contribution in [-0.2, 0) is 24.0 Å². The van der Waals surface area contributed by atoms with Crippen molar-refractivity contribution in [2.24, 2.45) is 0 Å². The molecule has 2 aliphatic rings. The zero-order valence-corrected chi connectivity index (χ0v) is 30.0. The van der Waals surface area contributed by atoms with Crippen LogP contribution in [0, 0.1) is 6.92 Å². The van der Waals surface area contributed by atoms with Gasteiger partial charge in [-0.3, -0.25) is 0 Å². The molecular formula is C42H44N6S+2. The molecular weight excluding hydrogens is 621 g/mol. The summed E-state index contributed by atoms with van der Waals surface area (Å²) in [4.78, 5) is 9.70. The fourth-order valence-electron chi connectivity index (χ4n) is 9.79. The first kappa shape index (κ1) is 30.6. The van der Waals surface area contributed by atoms with E-state index >= 15 is 0 Å². The maximum atomic E-state index is 5.27. The topological polar surface area (TPSA) is 51.4 Å². The lowest BCUT2D eigenvalue weighted by Gasteiger charge is -2.51. The molecule has 5 aromatic heterocycles. The quantitative estimate of drug-likeness (QED) is 0.167. The lowest BCUT2D eigenvalue weighted by molar-refractivity contribution is -0.779. The summed E-state index contributed by atoms with van der Waals surface area (Å²) in [6, 6.07) is 25.4. The second kappa shape index (κ2) is 11.3. The highest BCUT2D eigenvalue weighted by Gasteiger charge is 2.65. The number of fused-ring (bicyclic) bond motifs is 12. The molecule has 7 heterocycles. The van der Waals surface area contributed by atoms with Crippen LogP contribution in [0.2, 0.25) is 0 Å². The first-order valence-electron chi connectivity index (χ1n) is 18.1. The van der Waals surface area contributed by atoms with Gasteiger partial charge in [-0.25, -0.2) is 14.2 Å². The van der Waals surface area contributed by atoms with Crippen LogP contribution >= 0.6 is 11.3 Å². The molecule has 0 fully saturated rings. The average Bonchev–Trinajstić information content (AvgIpc) is 3.68. The zero-order chi connectivity index (χ0) is 33.5. The van der Waals surface area contributed by atoms with E-state index in [0.29, 0.717) is 0 Å². The monoisotopic (exact) mass is 664 g/mol. The number of aryl methyl sites for hydroxylation is 3. The number of benzene rings is 2. The molecule has 0 amide bonds. The van der Waals surface area contributed by atoms with Crippen molar-refractivity contribution in [3.63, 3.8) is 0 Å². The van der Waals surface area contributed by atoms with E-state index in [1.807, 2.05) is 23.7 Å². The first-order chi connectivity index (χ1) is 23.9. The highest BCUT2D eigenvalue weighted by atomic mass is 32.1. The minimum absolute atomic E-state index is 0.196. The predicted molar refractivity (Wildman–Crippen MR) is 199 cm³/mol. The van der Waals surface area contributed by atoms with Crippen molar-refractivity contribution >= 4 is 42.7 Å². The molecule has 7 heteroatoms. The molecule has 2 aliphatic heterocycles. The Morgan fingerprint density at radius 1 is 0.939 bits per heavy atom. The van der Waals surface area contributed by atoms with Crippen molar-refractivity contribution in [1.29, 1.82) is 0 Å². The Hall–Kier alpha value is -4.49. The summed E-state index contributed by atoms with van der Waals surface area (Å²) < 4.78 is 10.3. The number of hydrogen-bond donors (Lipinski definition) is 0. The van der Waals surface area contributed by atoms with Gasteiger partial charge in [0.1, 0.15) is 16.9 Å². The maximum absolute atomic E-state index is 5.27. The Morgan fingerprint density at radius 2 is 1.82 bits per heavy atom. The van der Waals surface area contributed by atoms with Gasteiger partial charge >= 0.3 is 5.65 Å². The van der Waals surface area contributed by atoms with Crippen molar-refractivity contribution < 1.29 is 9.13 Å². The first-order valence-corrected chi connectivity index (χ1v) is 19.0. The second-order valence-electron chi connectivity index (χ2n) is 14.3. The Bertz CT molecular complexity index is 2420. The van der Waals surface area contributed by atoms with Crippen LogP contribution in [0.25, 0.3) is 54.0 Å². The molecule has 0 saturated carbocycles. The minimum atomic E-state index is -0.292. The van der Waals surface area contributed by atoms with E-state index in [2.05, 4.69) is 121 Å². The largest absolute Gasteiger partial charge is 0.349 e. The molecule has 246 valence electrons. The van der Waals surface area contributed by atoms with Gasteiger partial charge < -0.3 is 0 Å². The predicted octanol–water partition coefficient (Wildman–Crippen LogP) is 9.19. The van der Waals surface area contributed by atoms with Crippen LogP contribution in [0.1, 0.15) is 82.5 Å². The van der Waals surface area contributed by atoms with Crippen molar-refractivity contribution in [2.45, 2.75) is 96.7 Å².